The number of aliphatic imine (C=N–C) groups is 1. The fraction of sp³-hybridized carbons (Fsp3) is 0.462. The van der Waals surface area contributed by atoms with Crippen LogP contribution in [-0.2, 0) is 9.53 Å². The first kappa shape index (κ1) is 26.3. The van der Waals surface area contributed by atoms with Crippen LogP contribution in [0.1, 0.15) is 23.7 Å². The number of morpholine rings is 1. The van der Waals surface area contributed by atoms with Crippen molar-refractivity contribution in [1.29, 1.82) is 0 Å². The van der Waals surface area contributed by atoms with Crippen LogP contribution in [-0.4, -0.2) is 81.1 Å². The summed E-state index contributed by atoms with van der Waals surface area (Å²) in [7, 11) is 1.80. The predicted octanol–water partition coefficient (Wildman–Crippen LogP) is 3.30. The largest absolute Gasteiger partial charge is 0.370 e. The van der Waals surface area contributed by atoms with Crippen molar-refractivity contribution in [3.8, 4) is 0 Å². The number of hydrogen-bond donors (Lipinski definition) is 1. The first-order valence-corrected chi connectivity index (χ1v) is 11.9. The van der Waals surface area contributed by atoms with E-state index in [9.17, 15) is 4.79 Å². The maximum absolute atomic E-state index is 12.8. The van der Waals surface area contributed by atoms with E-state index in [-0.39, 0.29) is 36.0 Å². The second-order valence-electron chi connectivity index (χ2n) is 8.59. The Bertz CT molecular complexity index is 947. The number of rotatable bonds is 5. The molecule has 2 aliphatic heterocycles. The minimum Gasteiger partial charge on any atom is -0.370 e. The smallest absolute Gasteiger partial charge is 0.224 e. The maximum Gasteiger partial charge on any atom is 0.224 e. The second-order valence-corrected chi connectivity index (χ2v) is 8.59. The van der Waals surface area contributed by atoms with Crippen LogP contribution in [0.2, 0.25) is 0 Å². The minimum atomic E-state index is 0. The molecular weight excluding hydrogens is 541 g/mol. The van der Waals surface area contributed by atoms with Gasteiger partial charge in [-0.1, -0.05) is 42.5 Å². The van der Waals surface area contributed by atoms with Crippen LogP contribution in [0.3, 0.4) is 0 Å². The van der Waals surface area contributed by atoms with Gasteiger partial charge in [0, 0.05) is 58.4 Å². The summed E-state index contributed by atoms with van der Waals surface area (Å²) in [4.78, 5) is 23.8. The number of piperazine rings is 1. The van der Waals surface area contributed by atoms with Gasteiger partial charge in [0.2, 0.25) is 5.91 Å². The Kier molecular flexibility index (Phi) is 10.0. The quantitative estimate of drug-likeness (QED) is 0.336. The van der Waals surface area contributed by atoms with Gasteiger partial charge in [0.1, 0.15) is 6.10 Å². The Morgan fingerprint density at radius 3 is 2.41 bits per heavy atom. The fourth-order valence-corrected chi connectivity index (χ4v) is 4.60. The molecule has 1 atom stereocenters. The summed E-state index contributed by atoms with van der Waals surface area (Å²) in [6, 6.07) is 18.8. The third-order valence-electron chi connectivity index (χ3n) is 6.49. The Labute approximate surface area is 220 Å². The molecule has 0 bridgehead atoms. The summed E-state index contributed by atoms with van der Waals surface area (Å²) in [6.45, 7) is 8.18. The molecule has 0 radical (unpaired) electrons. The highest BCUT2D eigenvalue weighted by molar-refractivity contribution is 14.0. The first-order chi connectivity index (χ1) is 16.2. The highest BCUT2D eigenvalue weighted by Crippen LogP contribution is 2.25. The normalized spacial score (nSPS) is 18.9. The standard InChI is InChI=1S/C26H35N5O2.HI/c1-21-8-6-7-11-23(21)24-20-31(18-19-33-24)26(27-2)28-13-12-25(32)30-16-14-29(15-17-30)22-9-4-3-5-10-22;/h3-11,24H,12-20H2,1-2H3,(H,27,28);1H. The topological polar surface area (TPSA) is 60.4 Å². The summed E-state index contributed by atoms with van der Waals surface area (Å²) in [5.41, 5.74) is 3.69. The summed E-state index contributed by atoms with van der Waals surface area (Å²) < 4.78 is 6.04. The van der Waals surface area contributed by atoms with Crippen molar-refractivity contribution in [3.63, 3.8) is 0 Å². The number of nitrogens with zero attached hydrogens (tertiary/aromatic N) is 4. The molecule has 1 amide bonds. The van der Waals surface area contributed by atoms with Gasteiger partial charge in [0.15, 0.2) is 5.96 Å². The molecule has 184 valence electrons. The van der Waals surface area contributed by atoms with Gasteiger partial charge in [-0.25, -0.2) is 0 Å². The van der Waals surface area contributed by atoms with Crippen LogP contribution in [0.4, 0.5) is 5.69 Å². The number of amides is 1. The molecule has 0 aromatic heterocycles. The molecule has 1 unspecified atom stereocenters. The number of nitrogens with one attached hydrogen (secondary N) is 1. The van der Waals surface area contributed by atoms with Crippen molar-refractivity contribution in [2.45, 2.75) is 19.4 Å². The molecule has 2 saturated heterocycles. The van der Waals surface area contributed by atoms with Crippen molar-refractivity contribution < 1.29 is 9.53 Å². The van der Waals surface area contributed by atoms with E-state index in [1.165, 1.54) is 16.8 Å². The van der Waals surface area contributed by atoms with Gasteiger partial charge in [-0.05, 0) is 30.2 Å². The number of aryl methyl sites for hydroxylation is 1. The van der Waals surface area contributed by atoms with Crippen LogP contribution < -0.4 is 10.2 Å². The van der Waals surface area contributed by atoms with Gasteiger partial charge in [0.25, 0.3) is 0 Å². The lowest BCUT2D eigenvalue weighted by molar-refractivity contribution is -0.131. The van der Waals surface area contributed by atoms with Crippen LogP contribution in [0, 0.1) is 6.92 Å². The number of hydrogen-bond acceptors (Lipinski definition) is 4. The Morgan fingerprint density at radius 2 is 1.71 bits per heavy atom. The summed E-state index contributed by atoms with van der Waals surface area (Å²) in [5, 5.41) is 3.39. The molecular formula is C26H36IN5O2. The lowest BCUT2D eigenvalue weighted by Gasteiger charge is -2.37. The van der Waals surface area contributed by atoms with Gasteiger partial charge in [-0.3, -0.25) is 9.79 Å². The molecule has 4 rings (SSSR count). The second kappa shape index (κ2) is 12.9. The van der Waals surface area contributed by atoms with Gasteiger partial charge < -0.3 is 24.8 Å². The molecule has 8 heteroatoms. The van der Waals surface area contributed by atoms with Crippen molar-refractivity contribution in [1.82, 2.24) is 15.1 Å². The SMILES string of the molecule is CN=C(NCCC(=O)N1CCN(c2ccccc2)CC1)N1CCOC(c2ccccc2C)C1.I. The van der Waals surface area contributed by atoms with Gasteiger partial charge in [-0.2, -0.15) is 0 Å². The minimum absolute atomic E-state index is 0. The third-order valence-corrected chi connectivity index (χ3v) is 6.49. The van der Waals surface area contributed by atoms with Crippen LogP contribution >= 0.6 is 24.0 Å². The zero-order valence-electron chi connectivity index (χ0n) is 20.2. The van der Waals surface area contributed by atoms with Crippen LogP contribution in [0.15, 0.2) is 59.6 Å². The van der Waals surface area contributed by atoms with E-state index in [0.717, 1.165) is 45.2 Å². The molecule has 0 saturated carbocycles. The zero-order valence-corrected chi connectivity index (χ0v) is 22.5. The lowest BCUT2D eigenvalue weighted by atomic mass is 10.0. The van der Waals surface area contributed by atoms with Crippen LogP contribution in [0.25, 0.3) is 0 Å². The first-order valence-electron chi connectivity index (χ1n) is 11.9. The van der Waals surface area contributed by atoms with E-state index in [2.05, 4.69) is 75.6 Å². The number of anilines is 1. The average Bonchev–Trinajstić information content (AvgIpc) is 2.87. The zero-order chi connectivity index (χ0) is 23.0. The number of halogens is 1. The fourth-order valence-electron chi connectivity index (χ4n) is 4.60. The molecule has 2 aliphatic rings. The van der Waals surface area contributed by atoms with E-state index in [1.807, 2.05) is 11.0 Å². The number of carbonyl (C=O) groups excluding carboxylic acids is 1. The van der Waals surface area contributed by atoms with E-state index in [1.54, 1.807) is 7.05 Å². The monoisotopic (exact) mass is 577 g/mol. The Morgan fingerprint density at radius 1 is 1.00 bits per heavy atom. The molecule has 34 heavy (non-hydrogen) atoms. The molecule has 2 aromatic carbocycles. The molecule has 0 aliphatic carbocycles. The van der Waals surface area contributed by atoms with E-state index in [4.69, 9.17) is 4.74 Å². The summed E-state index contributed by atoms with van der Waals surface area (Å²) in [6.07, 6.45) is 0.497. The third kappa shape index (κ3) is 6.63. The molecule has 0 spiro atoms. The molecule has 1 N–H and O–H groups in total. The van der Waals surface area contributed by atoms with Crippen molar-refractivity contribution >= 4 is 41.5 Å². The van der Waals surface area contributed by atoms with Gasteiger partial charge in [-0.15, -0.1) is 24.0 Å². The van der Waals surface area contributed by atoms with Crippen molar-refractivity contribution in [2.24, 2.45) is 4.99 Å². The summed E-state index contributed by atoms with van der Waals surface area (Å²) in [5.74, 6) is 1.03. The number of ether oxygens (including phenoxy) is 1. The lowest BCUT2D eigenvalue weighted by Crippen LogP contribution is -2.50. The number of carbonyl (C=O) groups is 1. The van der Waals surface area contributed by atoms with Crippen molar-refractivity contribution in [3.05, 3.63) is 65.7 Å². The Hall–Kier alpha value is -2.33. The van der Waals surface area contributed by atoms with E-state index < -0.39 is 0 Å². The predicted molar refractivity (Wildman–Crippen MR) is 148 cm³/mol. The van der Waals surface area contributed by atoms with Gasteiger partial charge >= 0.3 is 0 Å². The van der Waals surface area contributed by atoms with E-state index >= 15 is 0 Å². The molecule has 2 aromatic rings. The molecule has 2 heterocycles. The highest BCUT2D eigenvalue weighted by atomic mass is 127. The van der Waals surface area contributed by atoms with E-state index in [0.29, 0.717) is 19.6 Å². The molecule has 7 nitrogen and oxygen atoms in total. The number of para-hydroxylation sites is 1. The summed E-state index contributed by atoms with van der Waals surface area (Å²) >= 11 is 0. The average molecular weight is 578 g/mol. The Balaban J connectivity index is 0.00000324. The number of benzene rings is 2. The van der Waals surface area contributed by atoms with Crippen LogP contribution in [0.5, 0.6) is 0 Å². The van der Waals surface area contributed by atoms with Crippen molar-refractivity contribution in [2.75, 3.05) is 64.4 Å². The number of guanidine groups is 1. The van der Waals surface area contributed by atoms with Gasteiger partial charge in [0.05, 0.1) is 13.2 Å². The highest BCUT2D eigenvalue weighted by Gasteiger charge is 2.25. The molecule has 2 fully saturated rings. The maximum atomic E-state index is 12.8.